The third-order valence-corrected chi connectivity index (χ3v) is 5.51. The van der Waals surface area contributed by atoms with E-state index in [-0.39, 0.29) is 12.3 Å². The zero-order chi connectivity index (χ0) is 21.5. The van der Waals surface area contributed by atoms with Crippen molar-refractivity contribution in [2.45, 2.75) is 13.0 Å². The summed E-state index contributed by atoms with van der Waals surface area (Å²) in [5.74, 6) is -0.763. The van der Waals surface area contributed by atoms with Crippen molar-refractivity contribution in [1.82, 2.24) is 4.98 Å². The lowest BCUT2D eigenvalue weighted by atomic mass is 10.2. The van der Waals surface area contributed by atoms with Crippen molar-refractivity contribution in [2.75, 3.05) is 5.32 Å². The number of hydrogen-bond acceptors (Lipinski definition) is 5. The van der Waals surface area contributed by atoms with Crippen LogP contribution in [0, 0.1) is 0 Å². The van der Waals surface area contributed by atoms with Crippen LogP contribution in [0.3, 0.4) is 0 Å². The molecule has 1 amide bonds. The van der Waals surface area contributed by atoms with Gasteiger partial charge in [-0.15, -0.1) is 11.3 Å². The van der Waals surface area contributed by atoms with Gasteiger partial charge in [0.05, 0.1) is 12.1 Å². The van der Waals surface area contributed by atoms with Crippen molar-refractivity contribution >= 4 is 62.0 Å². The number of carboxylic acid groups (broad SMARTS) is 1. The third kappa shape index (κ3) is 6.41. The molecule has 0 bridgehead atoms. The number of nitrogens with one attached hydrogen (secondary N) is 1. The van der Waals surface area contributed by atoms with E-state index in [0.29, 0.717) is 33.8 Å². The van der Waals surface area contributed by atoms with Gasteiger partial charge in [0.25, 0.3) is 0 Å². The maximum atomic E-state index is 12.2. The molecule has 0 unspecified atom stereocenters. The molecule has 2 aromatic carbocycles. The summed E-state index contributed by atoms with van der Waals surface area (Å²) in [4.78, 5) is 27.0. The van der Waals surface area contributed by atoms with Gasteiger partial charge in [-0.2, -0.15) is 0 Å². The second-order valence-corrected chi connectivity index (χ2v) is 8.28. The molecule has 0 aliphatic heterocycles. The lowest BCUT2D eigenvalue weighted by Gasteiger charge is -2.11. The Morgan fingerprint density at radius 3 is 2.83 bits per heavy atom. The quantitative estimate of drug-likeness (QED) is 0.398. The highest BCUT2D eigenvalue weighted by Crippen LogP contribution is 2.26. The van der Waals surface area contributed by atoms with Crippen LogP contribution in [0.2, 0.25) is 5.02 Å². The van der Waals surface area contributed by atoms with E-state index in [1.54, 1.807) is 23.6 Å². The smallest absolute Gasteiger partial charge is 0.309 e. The van der Waals surface area contributed by atoms with Gasteiger partial charge >= 0.3 is 5.97 Å². The summed E-state index contributed by atoms with van der Waals surface area (Å²) in [6, 6.07) is 12.9. The van der Waals surface area contributed by atoms with Crippen LogP contribution in [0.5, 0.6) is 5.75 Å². The number of carbonyl (C=O) groups excluding carboxylic acids is 1. The first-order chi connectivity index (χ1) is 14.4. The minimum atomic E-state index is -0.975. The lowest BCUT2D eigenvalue weighted by molar-refractivity contribution is -0.136. The normalized spacial score (nSPS) is 10.9. The Bertz CT molecular complexity index is 1100. The van der Waals surface area contributed by atoms with E-state index in [4.69, 9.17) is 21.4 Å². The molecule has 2 N–H and O–H groups in total. The van der Waals surface area contributed by atoms with Crippen molar-refractivity contribution in [3.8, 4) is 5.75 Å². The van der Waals surface area contributed by atoms with Gasteiger partial charge < -0.3 is 9.84 Å². The van der Waals surface area contributed by atoms with Crippen molar-refractivity contribution in [1.29, 1.82) is 0 Å². The maximum Gasteiger partial charge on any atom is 0.309 e. The number of benzene rings is 2. The Morgan fingerprint density at radius 2 is 2.07 bits per heavy atom. The molecule has 3 rings (SSSR count). The first-order valence-corrected chi connectivity index (χ1v) is 10.8. The minimum absolute atomic E-state index is 0.188. The Morgan fingerprint density at radius 1 is 1.27 bits per heavy atom. The largest absolute Gasteiger partial charge is 0.488 e. The Hall–Kier alpha value is -2.68. The molecule has 0 saturated heterocycles. The number of carboxylic acids is 1. The van der Waals surface area contributed by atoms with Crippen molar-refractivity contribution in [3.05, 3.63) is 80.2 Å². The first kappa shape index (κ1) is 22.0. The van der Waals surface area contributed by atoms with E-state index in [2.05, 4.69) is 26.2 Å². The molecular formula is C21H16BrClN2O4S. The van der Waals surface area contributed by atoms with Crippen molar-refractivity contribution < 1.29 is 19.4 Å². The van der Waals surface area contributed by atoms with Crippen LogP contribution in [0.15, 0.2) is 58.4 Å². The summed E-state index contributed by atoms with van der Waals surface area (Å²) in [6.07, 6.45) is 2.81. The predicted molar refractivity (Wildman–Crippen MR) is 121 cm³/mol. The molecule has 9 heteroatoms. The van der Waals surface area contributed by atoms with E-state index < -0.39 is 5.97 Å². The molecule has 1 aromatic heterocycles. The number of carbonyl (C=O) groups is 2. The zero-order valence-corrected chi connectivity index (χ0v) is 18.6. The Kier molecular flexibility index (Phi) is 7.62. The standard InChI is InChI=1S/C21H16BrClN2O4S/c22-15-6-7-18(29-11-14-3-1-2-4-17(14)23)13(9-15)5-8-19(26)25-21-24-16(12-30-21)10-20(27)28/h1-9,12H,10-11H2,(H,27,28)(H,24,25,26)/b8-5+. The van der Waals surface area contributed by atoms with Crippen molar-refractivity contribution in [2.24, 2.45) is 0 Å². The molecule has 6 nitrogen and oxygen atoms in total. The van der Waals surface area contributed by atoms with Gasteiger partial charge in [0.2, 0.25) is 5.91 Å². The zero-order valence-electron chi connectivity index (χ0n) is 15.5. The highest BCUT2D eigenvalue weighted by molar-refractivity contribution is 9.10. The molecule has 0 spiro atoms. The minimum Gasteiger partial charge on any atom is -0.488 e. The number of halogens is 2. The SMILES string of the molecule is O=C(O)Cc1csc(NC(=O)/C=C/c2cc(Br)ccc2OCc2ccccc2Cl)n1. The first-order valence-electron chi connectivity index (χ1n) is 8.72. The highest BCUT2D eigenvalue weighted by atomic mass is 79.9. The van der Waals surface area contributed by atoms with Gasteiger partial charge in [-0.3, -0.25) is 14.9 Å². The number of rotatable bonds is 8. The van der Waals surface area contributed by atoms with E-state index in [0.717, 1.165) is 10.0 Å². The van der Waals surface area contributed by atoms with Gasteiger partial charge in [0.15, 0.2) is 5.13 Å². The topological polar surface area (TPSA) is 88.5 Å². The third-order valence-electron chi connectivity index (χ3n) is 3.84. The molecule has 1 heterocycles. The number of ether oxygens (including phenoxy) is 1. The molecule has 0 aliphatic carbocycles. The molecule has 0 fully saturated rings. The second kappa shape index (κ2) is 10.4. The Labute approximate surface area is 190 Å². The number of anilines is 1. The average Bonchev–Trinajstić information content (AvgIpc) is 3.12. The van der Waals surface area contributed by atoms with E-state index in [1.807, 2.05) is 30.3 Å². The van der Waals surface area contributed by atoms with Crippen LogP contribution in [0.25, 0.3) is 6.08 Å². The number of hydrogen-bond donors (Lipinski definition) is 2. The van der Waals surface area contributed by atoms with Gasteiger partial charge in [-0.1, -0.05) is 45.7 Å². The number of aromatic nitrogens is 1. The molecule has 3 aromatic rings. The summed E-state index contributed by atoms with van der Waals surface area (Å²) in [5.41, 5.74) is 1.96. The maximum absolute atomic E-state index is 12.2. The molecule has 0 atom stereocenters. The highest BCUT2D eigenvalue weighted by Gasteiger charge is 2.09. The van der Waals surface area contributed by atoms with Crippen LogP contribution in [0.1, 0.15) is 16.8 Å². The molecule has 0 saturated carbocycles. The number of nitrogens with zero attached hydrogens (tertiary/aromatic N) is 1. The second-order valence-electron chi connectivity index (χ2n) is 6.10. The number of thiazole rings is 1. The fraction of sp³-hybridized carbons (Fsp3) is 0.0952. The predicted octanol–water partition coefficient (Wildman–Crippen LogP) is 5.42. The number of aliphatic carboxylic acids is 1. The van der Waals surface area contributed by atoms with Crippen LogP contribution in [-0.2, 0) is 22.6 Å². The lowest BCUT2D eigenvalue weighted by Crippen LogP contribution is -2.08. The molecule has 0 radical (unpaired) electrons. The summed E-state index contributed by atoms with van der Waals surface area (Å²) in [6.45, 7) is 0.291. The molecule has 154 valence electrons. The summed E-state index contributed by atoms with van der Waals surface area (Å²) < 4.78 is 6.73. The van der Waals surface area contributed by atoms with Gasteiger partial charge in [0.1, 0.15) is 12.4 Å². The average molecular weight is 508 g/mol. The van der Waals surface area contributed by atoms with Crippen LogP contribution in [-0.4, -0.2) is 22.0 Å². The van der Waals surface area contributed by atoms with Gasteiger partial charge in [-0.05, 0) is 30.3 Å². The summed E-state index contributed by atoms with van der Waals surface area (Å²) in [7, 11) is 0. The monoisotopic (exact) mass is 506 g/mol. The van der Waals surface area contributed by atoms with Gasteiger partial charge in [0, 0.05) is 32.1 Å². The fourth-order valence-electron chi connectivity index (χ4n) is 2.47. The van der Waals surface area contributed by atoms with Crippen LogP contribution < -0.4 is 10.1 Å². The molecular weight excluding hydrogens is 492 g/mol. The summed E-state index contributed by atoms with van der Waals surface area (Å²) in [5, 5.41) is 14.0. The fourth-order valence-corrected chi connectivity index (χ4v) is 3.75. The van der Waals surface area contributed by atoms with Crippen LogP contribution >= 0.6 is 38.9 Å². The Balaban J connectivity index is 1.67. The number of amides is 1. The van der Waals surface area contributed by atoms with Crippen LogP contribution in [0.4, 0.5) is 5.13 Å². The summed E-state index contributed by atoms with van der Waals surface area (Å²) >= 11 is 10.8. The van der Waals surface area contributed by atoms with E-state index in [1.165, 1.54) is 17.4 Å². The van der Waals surface area contributed by atoms with E-state index in [9.17, 15) is 9.59 Å². The molecule has 0 aliphatic rings. The molecule has 30 heavy (non-hydrogen) atoms. The van der Waals surface area contributed by atoms with Gasteiger partial charge in [-0.25, -0.2) is 4.98 Å². The van der Waals surface area contributed by atoms with Crippen molar-refractivity contribution in [3.63, 3.8) is 0 Å². The van der Waals surface area contributed by atoms with E-state index >= 15 is 0 Å².